The van der Waals surface area contributed by atoms with Crippen molar-refractivity contribution in [1.82, 2.24) is 34.6 Å². The normalized spacial score (nSPS) is 16.8. The molecule has 0 saturated carbocycles. The molecule has 0 atom stereocenters. The highest BCUT2D eigenvalue weighted by Gasteiger charge is 2.27. The van der Waals surface area contributed by atoms with E-state index in [1.165, 1.54) is 58.9 Å². The maximum atomic E-state index is 12.7. The van der Waals surface area contributed by atoms with Crippen molar-refractivity contribution in [2.24, 2.45) is 11.8 Å². The summed E-state index contributed by atoms with van der Waals surface area (Å²) >= 11 is 5.68. The Bertz CT molecular complexity index is 3090. The van der Waals surface area contributed by atoms with Crippen LogP contribution in [0.3, 0.4) is 0 Å². The Labute approximate surface area is 437 Å². The molecule has 74 heavy (non-hydrogen) atoms. The zero-order valence-corrected chi connectivity index (χ0v) is 43.5. The minimum absolute atomic E-state index is 0.00796. The van der Waals surface area contributed by atoms with E-state index < -0.39 is 0 Å². The summed E-state index contributed by atoms with van der Waals surface area (Å²) in [6.07, 6.45) is 15.4. The first-order chi connectivity index (χ1) is 36.1. The predicted octanol–water partition coefficient (Wildman–Crippen LogP) is 10.3. The fourth-order valence-corrected chi connectivity index (χ4v) is 10.7. The van der Waals surface area contributed by atoms with Crippen molar-refractivity contribution in [3.8, 4) is 46.3 Å². The maximum absolute atomic E-state index is 12.7. The number of likely N-dealkylation sites (tertiary alicyclic amines) is 3. The van der Waals surface area contributed by atoms with Crippen molar-refractivity contribution in [2.45, 2.75) is 65.2 Å². The molecule has 16 heteroatoms. The van der Waals surface area contributed by atoms with Crippen LogP contribution >= 0.6 is 11.6 Å². The second kappa shape index (κ2) is 23.1. The molecule has 2 amide bonds. The minimum atomic E-state index is -0.00796. The number of fused-ring (bicyclic) bond motifs is 4. The fraction of sp³-hybridized carbons (Fsp3) is 0.414. The van der Waals surface area contributed by atoms with Crippen molar-refractivity contribution in [3.05, 3.63) is 107 Å². The number of allylic oxidation sites excluding steroid dienone is 2. The lowest BCUT2D eigenvalue weighted by atomic mass is 9.97. The zero-order chi connectivity index (χ0) is 51.1. The number of halogens is 1. The number of nitrogens with zero attached hydrogens (tertiary/aromatic N) is 7. The molecule has 0 unspecified atom stereocenters. The topological polar surface area (TPSA) is 151 Å². The summed E-state index contributed by atoms with van der Waals surface area (Å²) in [6.45, 7) is 11.1. The summed E-state index contributed by atoms with van der Waals surface area (Å²) in [6, 6.07) is 19.8. The van der Waals surface area contributed by atoms with E-state index in [2.05, 4.69) is 69.0 Å². The summed E-state index contributed by atoms with van der Waals surface area (Å²) in [7, 11) is 3.25. The number of hydrogen-bond donors (Lipinski definition) is 0. The van der Waals surface area contributed by atoms with Crippen LogP contribution in [-0.4, -0.2) is 126 Å². The van der Waals surface area contributed by atoms with Gasteiger partial charge in [-0.1, -0.05) is 35.4 Å². The van der Waals surface area contributed by atoms with E-state index in [9.17, 15) is 9.59 Å². The number of ether oxygens (including phenoxy) is 6. The molecule has 4 aromatic carbocycles. The molecule has 386 valence electrons. The monoisotopic (exact) mass is 1020 g/mol. The number of hydrogen-bond acceptors (Lipinski definition) is 13. The van der Waals surface area contributed by atoms with E-state index in [0.29, 0.717) is 85.0 Å². The molecule has 0 spiro atoms. The van der Waals surface area contributed by atoms with Crippen molar-refractivity contribution < 1.29 is 38.0 Å². The van der Waals surface area contributed by atoms with Crippen molar-refractivity contribution >= 4 is 57.4 Å². The Kier molecular flexibility index (Phi) is 15.8. The Balaban J connectivity index is 0.000000170. The maximum Gasteiger partial charge on any atom is 0.237 e. The minimum Gasteiger partial charge on any atom is -0.493 e. The number of methoxy groups -OCH3 is 2. The molecule has 15 nitrogen and oxygen atoms in total. The summed E-state index contributed by atoms with van der Waals surface area (Å²) in [5, 5.41) is 1.51. The molecule has 6 aromatic rings. The third-order valence-electron chi connectivity index (χ3n) is 14.7. The first-order valence-electron chi connectivity index (χ1n) is 25.8. The van der Waals surface area contributed by atoms with Gasteiger partial charge in [-0.25, -0.2) is 19.9 Å². The molecular weight excluding hydrogens is 958 g/mol. The van der Waals surface area contributed by atoms with Gasteiger partial charge in [0.05, 0.1) is 55.8 Å². The van der Waals surface area contributed by atoms with Crippen LogP contribution in [0.5, 0.6) is 46.3 Å². The van der Waals surface area contributed by atoms with Crippen molar-refractivity contribution in [2.75, 3.05) is 79.1 Å². The van der Waals surface area contributed by atoms with E-state index in [1.807, 2.05) is 52.3 Å². The molecule has 11 rings (SSSR count). The van der Waals surface area contributed by atoms with Gasteiger partial charge in [0.2, 0.25) is 23.6 Å². The van der Waals surface area contributed by atoms with Crippen molar-refractivity contribution in [1.29, 1.82) is 0 Å². The van der Waals surface area contributed by atoms with Gasteiger partial charge in [-0.2, -0.15) is 0 Å². The number of rotatable bonds is 15. The second-order valence-corrected chi connectivity index (χ2v) is 20.3. The zero-order valence-electron chi connectivity index (χ0n) is 42.7. The lowest BCUT2D eigenvalue weighted by Gasteiger charge is -2.33. The average Bonchev–Trinajstić information content (AvgIpc) is 4.18. The van der Waals surface area contributed by atoms with Gasteiger partial charge in [-0.15, -0.1) is 11.6 Å². The summed E-state index contributed by atoms with van der Waals surface area (Å²) in [5.41, 5.74) is 9.14. The molecule has 2 aromatic heterocycles. The molecule has 0 N–H and O–H groups in total. The summed E-state index contributed by atoms with van der Waals surface area (Å²) in [5.74, 6) is 5.95. The van der Waals surface area contributed by atoms with Crippen LogP contribution in [0, 0.1) is 11.8 Å². The van der Waals surface area contributed by atoms with E-state index >= 15 is 0 Å². The van der Waals surface area contributed by atoms with Gasteiger partial charge in [-0.3, -0.25) is 14.5 Å². The van der Waals surface area contributed by atoms with Crippen LogP contribution in [0.2, 0.25) is 0 Å². The third kappa shape index (κ3) is 11.8. The molecule has 5 heterocycles. The van der Waals surface area contributed by atoms with Crippen molar-refractivity contribution in [3.63, 3.8) is 0 Å². The first-order valence-corrected chi connectivity index (χ1v) is 26.3. The van der Waals surface area contributed by atoms with Gasteiger partial charge in [0.1, 0.15) is 30.0 Å². The Hall–Kier alpha value is -6.97. The van der Waals surface area contributed by atoms with Crippen LogP contribution in [0.4, 0.5) is 0 Å². The van der Waals surface area contributed by atoms with E-state index in [-0.39, 0.29) is 17.7 Å². The van der Waals surface area contributed by atoms with Crippen LogP contribution in [0.15, 0.2) is 84.5 Å². The van der Waals surface area contributed by atoms with Gasteiger partial charge >= 0.3 is 0 Å². The number of piperidine rings is 2. The van der Waals surface area contributed by atoms with Gasteiger partial charge in [0.25, 0.3) is 0 Å². The summed E-state index contributed by atoms with van der Waals surface area (Å²) < 4.78 is 36.1. The molecule has 3 aliphatic heterocycles. The highest BCUT2D eigenvalue weighted by Crippen LogP contribution is 2.40. The molecule has 3 saturated heterocycles. The van der Waals surface area contributed by atoms with Crippen LogP contribution in [0.1, 0.15) is 74.6 Å². The van der Waals surface area contributed by atoms with Gasteiger partial charge < -0.3 is 38.2 Å². The lowest BCUT2D eigenvalue weighted by Crippen LogP contribution is -2.44. The van der Waals surface area contributed by atoms with E-state index in [1.54, 1.807) is 14.2 Å². The van der Waals surface area contributed by atoms with E-state index in [4.69, 9.17) is 40.0 Å². The number of carbonyl (C=O) groups is 2. The van der Waals surface area contributed by atoms with Crippen LogP contribution in [-0.2, 0) is 22.4 Å². The number of carbonyl (C=O) groups excluding carboxylic acids is 2. The molecule has 0 radical (unpaired) electrons. The number of benzene rings is 4. The highest BCUT2D eigenvalue weighted by molar-refractivity contribution is 6.27. The Morgan fingerprint density at radius 1 is 0.581 bits per heavy atom. The first kappa shape index (κ1) is 50.6. The third-order valence-corrected chi connectivity index (χ3v) is 15.0. The number of amides is 2. The number of aromatic nitrogens is 4. The molecule has 3 fully saturated rings. The largest absolute Gasteiger partial charge is 0.493 e. The molecule has 2 aliphatic carbocycles. The van der Waals surface area contributed by atoms with Gasteiger partial charge in [0.15, 0.2) is 23.0 Å². The lowest BCUT2D eigenvalue weighted by molar-refractivity contribution is -0.133. The molecule has 0 bridgehead atoms. The van der Waals surface area contributed by atoms with Gasteiger partial charge in [0, 0.05) is 38.3 Å². The second-order valence-electron chi connectivity index (χ2n) is 20.0. The SMILES string of the molecule is COc1cc2c(Oc3ccc4c(c3)C=C(C)C4)ncnc2cc1OCC1CCN(C(=O)CCl)CC1.COc1cc2c(Oc3ccc4c(c3)C=C(C)C4)ncnc2cc1OCC1CCN(C(=O)CN2CCCC2)CC1. The van der Waals surface area contributed by atoms with Gasteiger partial charge in [-0.05, 0) is 149 Å². The van der Waals surface area contributed by atoms with Crippen LogP contribution in [0.25, 0.3) is 34.0 Å². The Morgan fingerprint density at radius 2 is 1.04 bits per heavy atom. The molecule has 5 aliphatic rings. The number of alkyl halides is 1. The van der Waals surface area contributed by atoms with Crippen LogP contribution < -0.4 is 28.4 Å². The highest BCUT2D eigenvalue weighted by atomic mass is 35.5. The standard InChI is InChI=1S/C31H36N4O4.C27H28ClN3O4/c1-21-13-23-5-6-25(15-24(23)14-21)39-31-26-16-28(37-2)29(17-27(26)32-20-33-31)38-19-22-7-11-35(12-8-22)30(36)18-34-9-3-4-10-34;1-17-9-19-3-4-21(11-20(19)10-17)35-27-22-12-24(33-2)25(13-23(22)29-16-30-27)34-15-18-5-7-31(8-6-18)26(32)14-28/h5-6,14-17,20,22H,3-4,7-13,18-19H2,1-2H3;3-4,10-13,16,18H,5-9,14-15H2,1-2H3. The molecular formula is C58H64ClN7O8. The van der Waals surface area contributed by atoms with E-state index in [0.717, 1.165) is 92.5 Å². The fourth-order valence-electron chi connectivity index (χ4n) is 10.5. The quantitative estimate of drug-likeness (QED) is 0.0899. The smallest absolute Gasteiger partial charge is 0.237 e. The summed E-state index contributed by atoms with van der Waals surface area (Å²) in [4.78, 5) is 48.2. The predicted molar refractivity (Wildman–Crippen MR) is 286 cm³/mol. The Morgan fingerprint density at radius 3 is 1.49 bits per heavy atom. The average molecular weight is 1020 g/mol.